The van der Waals surface area contributed by atoms with E-state index in [0.717, 1.165) is 22.6 Å². The van der Waals surface area contributed by atoms with Crippen LogP contribution in [0.3, 0.4) is 0 Å². The molecule has 0 radical (unpaired) electrons. The van der Waals surface area contributed by atoms with E-state index in [-0.39, 0.29) is 23.7 Å². The summed E-state index contributed by atoms with van der Waals surface area (Å²) in [5, 5.41) is 0. The van der Waals surface area contributed by atoms with Crippen LogP contribution in [0.2, 0.25) is 0 Å². The molecule has 1 aromatic heterocycles. The molecule has 0 saturated carbocycles. The Morgan fingerprint density at radius 3 is 2.13 bits per heavy atom. The van der Waals surface area contributed by atoms with Gasteiger partial charge in [-0.25, -0.2) is 9.59 Å². The van der Waals surface area contributed by atoms with Gasteiger partial charge in [0.25, 0.3) is 5.91 Å². The van der Waals surface area contributed by atoms with Crippen LogP contribution < -0.4 is 4.90 Å². The maximum atomic E-state index is 13.7. The molecule has 1 amide bonds. The second-order valence-electron chi connectivity index (χ2n) is 9.35. The minimum absolute atomic E-state index is 0.211. The molecule has 0 saturated heterocycles. The van der Waals surface area contributed by atoms with Gasteiger partial charge in [0, 0.05) is 28.5 Å². The number of allylic oxidation sites excluding steroid dienone is 1. The molecule has 0 spiro atoms. The number of carbonyl (C=O) groups excluding carboxylic acids is 3. The first kappa shape index (κ1) is 26.7. The van der Waals surface area contributed by atoms with Crippen molar-refractivity contribution in [3.8, 4) is 5.69 Å². The molecule has 1 aliphatic rings. The number of methoxy groups -OCH3 is 1. The fourth-order valence-electron chi connectivity index (χ4n) is 4.80. The Morgan fingerprint density at radius 1 is 0.868 bits per heavy atom. The van der Waals surface area contributed by atoms with Crippen LogP contribution in [0.15, 0.2) is 65.4 Å². The predicted molar refractivity (Wildman–Crippen MR) is 147 cm³/mol. The summed E-state index contributed by atoms with van der Waals surface area (Å²) < 4.78 is 12.2. The smallest absolute Gasteiger partial charge is 0.340 e. The van der Waals surface area contributed by atoms with Crippen molar-refractivity contribution < 1.29 is 23.9 Å². The number of hydrogen-bond donors (Lipinski definition) is 0. The second-order valence-corrected chi connectivity index (χ2v) is 9.35. The highest BCUT2D eigenvalue weighted by atomic mass is 16.5. The summed E-state index contributed by atoms with van der Waals surface area (Å²) in [7, 11) is 1.30. The highest BCUT2D eigenvalue weighted by molar-refractivity contribution is 6.24. The molecule has 1 aliphatic heterocycles. The number of rotatable bonds is 6. The molecule has 0 fully saturated rings. The lowest BCUT2D eigenvalue weighted by Crippen LogP contribution is -2.24. The van der Waals surface area contributed by atoms with E-state index >= 15 is 0 Å². The van der Waals surface area contributed by atoms with Crippen LogP contribution in [0.1, 0.15) is 52.3 Å². The minimum Gasteiger partial charge on any atom is -0.465 e. The number of ether oxygens (including phenoxy) is 2. The second kappa shape index (κ2) is 10.5. The monoisotopic (exact) mass is 512 g/mol. The van der Waals surface area contributed by atoms with Gasteiger partial charge >= 0.3 is 11.9 Å². The summed E-state index contributed by atoms with van der Waals surface area (Å²) in [6, 6.07) is 14.8. The predicted octanol–water partition coefficient (Wildman–Crippen LogP) is 5.76. The lowest BCUT2D eigenvalue weighted by molar-refractivity contribution is -0.136. The molecule has 38 heavy (non-hydrogen) atoms. The zero-order chi connectivity index (χ0) is 27.7. The van der Waals surface area contributed by atoms with Crippen LogP contribution >= 0.6 is 0 Å². The Kier molecular flexibility index (Phi) is 7.39. The summed E-state index contributed by atoms with van der Waals surface area (Å²) in [4.78, 5) is 40.1. The van der Waals surface area contributed by atoms with Crippen molar-refractivity contribution in [1.82, 2.24) is 4.57 Å². The fraction of sp³-hybridized carbons (Fsp3) is 0.258. The fourth-order valence-corrected chi connectivity index (χ4v) is 4.80. The Bertz CT molecular complexity index is 1510. The highest BCUT2D eigenvalue weighted by Gasteiger charge is 2.38. The number of aromatic nitrogens is 1. The first-order valence-corrected chi connectivity index (χ1v) is 12.5. The average molecular weight is 513 g/mol. The van der Waals surface area contributed by atoms with E-state index in [2.05, 4.69) is 36.6 Å². The zero-order valence-corrected chi connectivity index (χ0v) is 22.8. The molecule has 2 aromatic carbocycles. The molecule has 0 N–H and O–H groups in total. The van der Waals surface area contributed by atoms with Crippen molar-refractivity contribution >= 4 is 29.6 Å². The molecule has 2 heterocycles. The minimum atomic E-state index is -0.587. The Hall–Kier alpha value is -4.39. The van der Waals surface area contributed by atoms with Gasteiger partial charge in [0.15, 0.2) is 0 Å². The number of hydrogen-bond acceptors (Lipinski definition) is 5. The first-order valence-electron chi connectivity index (χ1n) is 12.5. The molecular formula is C31H32N2O5. The molecule has 0 atom stereocenters. The third kappa shape index (κ3) is 4.67. The Balaban J connectivity index is 1.78. The SMILES string of the molecule is CCOC(=O)c1ccc(N2C(=O)/C(=C\c3cc(C)n(-c4ccc(C)c(C)c4)c3C)C(C(=O)OC)=C2C)cc1. The number of carbonyl (C=O) groups is 3. The number of nitrogens with zero attached hydrogens (tertiary/aromatic N) is 2. The van der Waals surface area contributed by atoms with Gasteiger partial charge in [0.05, 0.1) is 30.4 Å². The Labute approximate surface area is 223 Å². The standard InChI is InChI=1S/C31H32N2O5/c1-8-38-30(35)23-10-13-25(14-11-23)33-22(6)28(31(36)37-7)27(29(33)34)17-24-16-20(4)32(21(24)5)26-12-9-18(2)19(3)15-26/h9-17H,8H2,1-7H3/b27-17-. The van der Waals surface area contributed by atoms with Crippen molar-refractivity contribution in [1.29, 1.82) is 0 Å². The number of esters is 2. The van der Waals surface area contributed by atoms with Crippen molar-refractivity contribution in [3.05, 3.63) is 99.0 Å². The normalized spacial score (nSPS) is 14.4. The van der Waals surface area contributed by atoms with Gasteiger partial charge in [-0.2, -0.15) is 0 Å². The van der Waals surface area contributed by atoms with Crippen LogP contribution in [0.25, 0.3) is 11.8 Å². The highest BCUT2D eigenvalue weighted by Crippen LogP contribution is 2.36. The van der Waals surface area contributed by atoms with Crippen LogP contribution in [-0.2, 0) is 19.1 Å². The maximum absolute atomic E-state index is 13.7. The van der Waals surface area contributed by atoms with Crippen molar-refractivity contribution in [2.75, 3.05) is 18.6 Å². The third-order valence-corrected chi connectivity index (χ3v) is 6.95. The van der Waals surface area contributed by atoms with Crippen molar-refractivity contribution in [2.45, 2.75) is 41.5 Å². The lowest BCUT2D eigenvalue weighted by atomic mass is 10.0. The van der Waals surface area contributed by atoms with E-state index in [4.69, 9.17) is 9.47 Å². The van der Waals surface area contributed by atoms with Crippen LogP contribution in [0, 0.1) is 27.7 Å². The van der Waals surface area contributed by atoms with Gasteiger partial charge in [0.2, 0.25) is 0 Å². The summed E-state index contributed by atoms with van der Waals surface area (Å²) in [6.07, 6.45) is 1.75. The van der Waals surface area contributed by atoms with Gasteiger partial charge in [-0.05, 0) is 107 Å². The first-order chi connectivity index (χ1) is 18.1. The van der Waals surface area contributed by atoms with Crippen molar-refractivity contribution in [3.63, 3.8) is 0 Å². The van der Waals surface area contributed by atoms with E-state index in [0.29, 0.717) is 16.9 Å². The molecule has 196 valence electrons. The van der Waals surface area contributed by atoms with E-state index < -0.39 is 11.9 Å². The van der Waals surface area contributed by atoms with Gasteiger partial charge in [-0.3, -0.25) is 9.69 Å². The molecular weight excluding hydrogens is 480 g/mol. The Morgan fingerprint density at radius 2 is 1.53 bits per heavy atom. The summed E-state index contributed by atoms with van der Waals surface area (Å²) in [5.74, 6) is -1.37. The van der Waals surface area contributed by atoms with Gasteiger partial charge in [-0.1, -0.05) is 6.07 Å². The number of amides is 1. The van der Waals surface area contributed by atoms with Gasteiger partial charge in [0.1, 0.15) is 0 Å². The van der Waals surface area contributed by atoms with Crippen LogP contribution in [0.5, 0.6) is 0 Å². The van der Waals surface area contributed by atoms with E-state index in [9.17, 15) is 14.4 Å². The van der Waals surface area contributed by atoms with Crippen LogP contribution in [-0.4, -0.2) is 36.1 Å². The van der Waals surface area contributed by atoms with Gasteiger partial charge < -0.3 is 14.0 Å². The molecule has 4 rings (SSSR count). The van der Waals surface area contributed by atoms with E-state index in [1.165, 1.54) is 23.1 Å². The molecule has 0 unspecified atom stereocenters. The quantitative estimate of drug-likeness (QED) is 0.310. The summed E-state index contributed by atoms with van der Waals surface area (Å²) in [6.45, 7) is 11.9. The zero-order valence-electron chi connectivity index (χ0n) is 22.8. The summed E-state index contributed by atoms with van der Waals surface area (Å²) in [5.41, 5.74) is 8.07. The van der Waals surface area contributed by atoms with Crippen LogP contribution in [0.4, 0.5) is 5.69 Å². The molecule has 7 heteroatoms. The number of anilines is 1. The maximum Gasteiger partial charge on any atom is 0.340 e. The average Bonchev–Trinajstić information content (AvgIpc) is 3.31. The van der Waals surface area contributed by atoms with E-state index in [1.807, 2.05) is 19.9 Å². The number of aryl methyl sites for hydroxylation is 3. The topological polar surface area (TPSA) is 77.8 Å². The van der Waals surface area contributed by atoms with Crippen molar-refractivity contribution in [2.24, 2.45) is 0 Å². The lowest BCUT2D eigenvalue weighted by Gasteiger charge is -2.18. The molecule has 7 nitrogen and oxygen atoms in total. The number of benzene rings is 2. The molecule has 0 aliphatic carbocycles. The summed E-state index contributed by atoms with van der Waals surface area (Å²) >= 11 is 0. The molecule has 3 aromatic rings. The molecule has 0 bridgehead atoms. The van der Waals surface area contributed by atoms with E-state index in [1.54, 1.807) is 44.2 Å². The third-order valence-electron chi connectivity index (χ3n) is 6.95. The van der Waals surface area contributed by atoms with Gasteiger partial charge in [-0.15, -0.1) is 0 Å². The largest absolute Gasteiger partial charge is 0.465 e.